The Labute approximate surface area is 150 Å². The molecule has 0 bridgehead atoms. The fraction of sp³-hybridized carbons (Fsp3) is 0.556. The molecule has 0 radical (unpaired) electrons. The summed E-state index contributed by atoms with van der Waals surface area (Å²) in [5, 5.41) is 6.38. The maximum atomic E-state index is 11.6. The largest absolute Gasteiger partial charge is 0.491 e. The zero-order valence-corrected chi connectivity index (χ0v) is 15.9. The quantitative estimate of drug-likeness (QED) is 0.397. The molecular weight excluding hydrogens is 320 g/mol. The van der Waals surface area contributed by atoms with E-state index in [9.17, 15) is 4.79 Å². The molecule has 2 N–H and O–H groups in total. The number of hydrogen-bond donors (Lipinski definition) is 2. The van der Waals surface area contributed by atoms with Gasteiger partial charge < -0.3 is 25.0 Å². The number of methoxy groups -OCH3 is 1. The highest BCUT2D eigenvalue weighted by Crippen LogP contribution is 2.20. The third kappa shape index (κ3) is 7.89. The van der Waals surface area contributed by atoms with Gasteiger partial charge in [-0.15, -0.1) is 0 Å². The molecular formula is C18H30N4O3. The van der Waals surface area contributed by atoms with Crippen molar-refractivity contribution in [3.05, 3.63) is 29.3 Å². The van der Waals surface area contributed by atoms with E-state index < -0.39 is 0 Å². The van der Waals surface area contributed by atoms with Crippen molar-refractivity contribution in [3.8, 4) is 5.75 Å². The fourth-order valence-electron chi connectivity index (χ4n) is 2.09. The van der Waals surface area contributed by atoms with Crippen LogP contribution >= 0.6 is 0 Å². The lowest BCUT2D eigenvalue weighted by molar-refractivity contribution is -0.128. The van der Waals surface area contributed by atoms with Gasteiger partial charge in [0.15, 0.2) is 5.96 Å². The molecule has 0 atom stereocenters. The Kier molecular flexibility index (Phi) is 9.39. The number of amides is 1. The van der Waals surface area contributed by atoms with E-state index >= 15 is 0 Å². The van der Waals surface area contributed by atoms with Crippen molar-refractivity contribution in [1.82, 2.24) is 15.5 Å². The molecule has 0 unspecified atom stereocenters. The van der Waals surface area contributed by atoms with Gasteiger partial charge in [-0.3, -0.25) is 9.79 Å². The topological polar surface area (TPSA) is 75.2 Å². The number of ether oxygens (including phenoxy) is 2. The van der Waals surface area contributed by atoms with Crippen LogP contribution in [0.5, 0.6) is 5.75 Å². The predicted molar refractivity (Wildman–Crippen MR) is 100 cm³/mol. The first-order valence-electron chi connectivity index (χ1n) is 8.33. The molecule has 0 fully saturated rings. The molecule has 0 aliphatic carbocycles. The van der Waals surface area contributed by atoms with Crippen LogP contribution in [0.4, 0.5) is 0 Å². The normalized spacial score (nSPS) is 11.2. The fourth-order valence-corrected chi connectivity index (χ4v) is 2.09. The van der Waals surface area contributed by atoms with Gasteiger partial charge in [0, 0.05) is 53.3 Å². The van der Waals surface area contributed by atoms with Crippen molar-refractivity contribution >= 4 is 11.9 Å². The Morgan fingerprint density at radius 1 is 1.24 bits per heavy atom. The van der Waals surface area contributed by atoms with Gasteiger partial charge in [0.1, 0.15) is 12.4 Å². The average molecular weight is 350 g/mol. The molecule has 25 heavy (non-hydrogen) atoms. The second-order valence-corrected chi connectivity index (χ2v) is 5.84. The van der Waals surface area contributed by atoms with Gasteiger partial charge in [-0.1, -0.05) is 12.1 Å². The van der Waals surface area contributed by atoms with Crippen LogP contribution in [0.1, 0.15) is 17.5 Å². The first-order valence-corrected chi connectivity index (χ1v) is 8.33. The van der Waals surface area contributed by atoms with E-state index in [1.165, 1.54) is 0 Å². The van der Waals surface area contributed by atoms with E-state index in [2.05, 4.69) is 15.6 Å². The molecule has 1 rings (SSSR count). The maximum Gasteiger partial charge on any atom is 0.223 e. The van der Waals surface area contributed by atoms with E-state index in [1.807, 2.05) is 25.1 Å². The smallest absolute Gasteiger partial charge is 0.223 e. The molecule has 0 saturated carbocycles. The van der Waals surface area contributed by atoms with E-state index in [4.69, 9.17) is 9.47 Å². The summed E-state index contributed by atoms with van der Waals surface area (Å²) in [5.74, 6) is 1.56. The van der Waals surface area contributed by atoms with Crippen LogP contribution in [0, 0.1) is 6.92 Å². The maximum absolute atomic E-state index is 11.6. The predicted octanol–water partition coefficient (Wildman–Crippen LogP) is 1.16. The summed E-state index contributed by atoms with van der Waals surface area (Å²) in [5.41, 5.74) is 2.18. The zero-order chi connectivity index (χ0) is 18.7. The first kappa shape index (κ1) is 20.8. The van der Waals surface area contributed by atoms with E-state index in [0.717, 1.165) is 16.9 Å². The van der Waals surface area contributed by atoms with Crippen molar-refractivity contribution < 1.29 is 14.3 Å². The number of carbonyl (C=O) groups is 1. The molecule has 0 aliphatic rings. The summed E-state index contributed by atoms with van der Waals surface area (Å²) >= 11 is 0. The van der Waals surface area contributed by atoms with Gasteiger partial charge in [0.25, 0.3) is 0 Å². The summed E-state index contributed by atoms with van der Waals surface area (Å²) in [7, 11) is 6.85. The molecule has 0 heterocycles. The molecule has 0 saturated heterocycles. The Morgan fingerprint density at radius 3 is 2.64 bits per heavy atom. The minimum absolute atomic E-state index is 0.0790. The molecule has 7 nitrogen and oxygen atoms in total. The SMILES string of the molecule is CN=C(NCCC(=O)N(C)C)NCc1ccc(C)cc1OCCOC. The summed E-state index contributed by atoms with van der Waals surface area (Å²) in [6, 6.07) is 6.10. The van der Waals surface area contributed by atoms with Crippen LogP contribution in [-0.2, 0) is 16.1 Å². The first-order chi connectivity index (χ1) is 12.0. The molecule has 1 aromatic carbocycles. The third-order valence-corrected chi connectivity index (χ3v) is 3.57. The Morgan fingerprint density at radius 2 is 2.00 bits per heavy atom. The van der Waals surface area contributed by atoms with Crippen LogP contribution < -0.4 is 15.4 Å². The number of guanidine groups is 1. The average Bonchev–Trinajstić information content (AvgIpc) is 2.59. The Bertz CT molecular complexity index is 573. The third-order valence-electron chi connectivity index (χ3n) is 3.57. The summed E-state index contributed by atoms with van der Waals surface area (Å²) in [6.07, 6.45) is 0.420. The van der Waals surface area contributed by atoms with Crippen molar-refractivity contribution in [2.45, 2.75) is 19.9 Å². The Hall–Kier alpha value is -2.28. The molecule has 0 spiro atoms. The number of rotatable bonds is 9. The number of nitrogens with one attached hydrogen (secondary N) is 2. The van der Waals surface area contributed by atoms with Crippen LogP contribution in [0.2, 0.25) is 0 Å². The lowest BCUT2D eigenvalue weighted by Gasteiger charge is -2.16. The summed E-state index contributed by atoms with van der Waals surface area (Å²) in [6.45, 7) is 4.19. The number of aryl methyl sites for hydroxylation is 1. The minimum Gasteiger partial charge on any atom is -0.491 e. The summed E-state index contributed by atoms with van der Waals surface area (Å²) < 4.78 is 10.8. The molecule has 1 amide bonds. The molecule has 0 aliphatic heterocycles. The van der Waals surface area contributed by atoms with Gasteiger partial charge in [-0.25, -0.2) is 0 Å². The number of carbonyl (C=O) groups excluding carboxylic acids is 1. The van der Waals surface area contributed by atoms with E-state index in [-0.39, 0.29) is 5.91 Å². The molecule has 0 aromatic heterocycles. The van der Waals surface area contributed by atoms with Gasteiger partial charge in [-0.2, -0.15) is 0 Å². The number of benzene rings is 1. The molecule has 1 aromatic rings. The van der Waals surface area contributed by atoms with Gasteiger partial charge in [-0.05, 0) is 18.6 Å². The zero-order valence-electron chi connectivity index (χ0n) is 15.9. The molecule has 140 valence electrons. The second kappa shape index (κ2) is 11.3. The Balaban J connectivity index is 2.55. The minimum atomic E-state index is 0.0790. The van der Waals surface area contributed by atoms with Crippen molar-refractivity contribution in [1.29, 1.82) is 0 Å². The van der Waals surface area contributed by atoms with E-state index in [1.54, 1.807) is 33.2 Å². The standard InChI is InChI=1S/C18H30N4O3/c1-14-6-7-15(16(12-14)25-11-10-24-5)13-21-18(19-2)20-9-8-17(23)22(3)4/h6-7,12H,8-11,13H2,1-5H3,(H2,19,20,21). The number of aliphatic imine (C=N–C) groups is 1. The van der Waals surface area contributed by atoms with Crippen molar-refractivity contribution in [2.75, 3.05) is 48.0 Å². The summed E-state index contributed by atoms with van der Waals surface area (Å²) in [4.78, 5) is 17.3. The lowest BCUT2D eigenvalue weighted by atomic mass is 10.1. The lowest BCUT2D eigenvalue weighted by Crippen LogP contribution is -2.38. The second-order valence-electron chi connectivity index (χ2n) is 5.84. The highest BCUT2D eigenvalue weighted by molar-refractivity contribution is 5.81. The highest BCUT2D eigenvalue weighted by Gasteiger charge is 2.07. The van der Waals surface area contributed by atoms with E-state index in [0.29, 0.717) is 38.7 Å². The van der Waals surface area contributed by atoms with Gasteiger partial charge in [0.05, 0.1) is 6.61 Å². The number of hydrogen-bond acceptors (Lipinski definition) is 4. The van der Waals surface area contributed by atoms with Gasteiger partial charge in [0.2, 0.25) is 5.91 Å². The van der Waals surface area contributed by atoms with Crippen LogP contribution in [0.15, 0.2) is 23.2 Å². The monoisotopic (exact) mass is 350 g/mol. The van der Waals surface area contributed by atoms with Crippen LogP contribution in [0.3, 0.4) is 0 Å². The van der Waals surface area contributed by atoms with Crippen molar-refractivity contribution in [3.63, 3.8) is 0 Å². The number of nitrogens with zero attached hydrogens (tertiary/aromatic N) is 2. The molecule has 7 heteroatoms. The van der Waals surface area contributed by atoms with Gasteiger partial charge >= 0.3 is 0 Å². The highest BCUT2D eigenvalue weighted by atomic mass is 16.5. The van der Waals surface area contributed by atoms with Crippen molar-refractivity contribution in [2.24, 2.45) is 4.99 Å². The van der Waals surface area contributed by atoms with Crippen LogP contribution in [-0.4, -0.2) is 64.8 Å². The van der Waals surface area contributed by atoms with Crippen LogP contribution in [0.25, 0.3) is 0 Å².